The van der Waals surface area contributed by atoms with Crippen LogP contribution in [0.4, 0.5) is 0 Å². The van der Waals surface area contributed by atoms with Gasteiger partial charge in [0.1, 0.15) is 17.7 Å². The number of carbonyl (C=O) groups is 2. The van der Waals surface area contributed by atoms with Crippen molar-refractivity contribution < 1.29 is 14.7 Å². The van der Waals surface area contributed by atoms with Crippen LogP contribution in [0, 0.1) is 0 Å². The average Bonchev–Trinajstić information content (AvgIpc) is 3.23. The van der Waals surface area contributed by atoms with Crippen molar-refractivity contribution in [1.82, 2.24) is 19.7 Å². The Morgan fingerprint density at radius 2 is 1.85 bits per heavy atom. The van der Waals surface area contributed by atoms with Crippen LogP contribution in [0.2, 0.25) is 10.0 Å². The number of nitrogens with zero attached hydrogens (tertiary/aromatic N) is 4. The first-order valence-electron chi connectivity index (χ1n) is 8.86. The Morgan fingerprint density at radius 1 is 1.11 bits per heavy atom. The molecule has 1 saturated heterocycles. The molecule has 142 valence electrons. The maximum absolute atomic E-state index is 12.7. The van der Waals surface area contributed by atoms with Gasteiger partial charge in [-0.25, -0.2) is 4.79 Å². The lowest BCUT2D eigenvalue weighted by molar-refractivity contribution is -0.140. The van der Waals surface area contributed by atoms with Crippen LogP contribution in [0.3, 0.4) is 0 Å². The second-order valence-electron chi connectivity index (χ2n) is 6.93. The first-order valence-corrected chi connectivity index (χ1v) is 9.62. The summed E-state index contributed by atoms with van der Waals surface area (Å²) in [5.74, 6) is 0.594. The molecule has 0 aliphatic carbocycles. The number of carboxylic acids is 1. The van der Waals surface area contributed by atoms with E-state index in [0.29, 0.717) is 54.4 Å². The number of hydrogen-bond acceptors (Lipinski definition) is 4. The van der Waals surface area contributed by atoms with Gasteiger partial charge in [0.05, 0.1) is 10.6 Å². The molecule has 1 aromatic carbocycles. The van der Waals surface area contributed by atoms with Gasteiger partial charge in [-0.05, 0) is 37.5 Å². The summed E-state index contributed by atoms with van der Waals surface area (Å²) in [6, 6.07) is 4.27. The Labute approximate surface area is 165 Å². The molecule has 1 fully saturated rings. The molecule has 0 bridgehead atoms. The molecular formula is C18H18Cl2N4O3. The largest absolute Gasteiger partial charge is 0.480 e. The summed E-state index contributed by atoms with van der Waals surface area (Å²) in [6.45, 7) is 1.12. The zero-order valence-electron chi connectivity index (χ0n) is 14.4. The van der Waals surface area contributed by atoms with Crippen molar-refractivity contribution in [2.75, 3.05) is 13.1 Å². The van der Waals surface area contributed by atoms with E-state index in [1.54, 1.807) is 27.7 Å². The molecule has 1 N–H and O–H groups in total. The highest BCUT2D eigenvalue weighted by Crippen LogP contribution is 2.34. The van der Waals surface area contributed by atoms with Gasteiger partial charge in [-0.1, -0.05) is 23.2 Å². The van der Waals surface area contributed by atoms with Crippen LogP contribution in [0.1, 0.15) is 53.2 Å². The van der Waals surface area contributed by atoms with Crippen molar-refractivity contribution in [2.45, 2.75) is 37.6 Å². The van der Waals surface area contributed by atoms with E-state index in [4.69, 9.17) is 23.2 Å². The first kappa shape index (κ1) is 18.3. The predicted octanol–water partition coefficient (Wildman–Crippen LogP) is 3.18. The van der Waals surface area contributed by atoms with Gasteiger partial charge in [0.15, 0.2) is 0 Å². The molecule has 3 heterocycles. The molecule has 1 unspecified atom stereocenters. The normalized spacial score (nSPS) is 19.9. The van der Waals surface area contributed by atoms with E-state index in [1.807, 2.05) is 0 Å². The number of amides is 1. The third kappa shape index (κ3) is 3.30. The average molecular weight is 409 g/mol. The minimum absolute atomic E-state index is 0.0935. The molecule has 0 saturated carbocycles. The number of aromatic nitrogens is 3. The van der Waals surface area contributed by atoms with Crippen LogP contribution >= 0.6 is 23.2 Å². The predicted molar refractivity (Wildman–Crippen MR) is 99.4 cm³/mol. The Bertz CT molecular complexity index is 906. The SMILES string of the molecule is O=C(O)C1CCc2nnc(C3CCN(C(=O)c4ccc(Cl)cc4Cl)CC3)n21. The molecule has 1 aromatic heterocycles. The van der Waals surface area contributed by atoms with Crippen LogP contribution in [0.5, 0.6) is 0 Å². The van der Waals surface area contributed by atoms with Gasteiger partial charge < -0.3 is 14.6 Å². The number of rotatable bonds is 3. The van der Waals surface area contributed by atoms with Crippen molar-refractivity contribution in [2.24, 2.45) is 0 Å². The topological polar surface area (TPSA) is 88.3 Å². The number of aryl methyl sites for hydroxylation is 1. The summed E-state index contributed by atoms with van der Waals surface area (Å²) in [5.41, 5.74) is 0.439. The Hall–Kier alpha value is -2.12. The van der Waals surface area contributed by atoms with Crippen molar-refractivity contribution in [3.63, 3.8) is 0 Å². The standard InChI is InChI=1S/C18H18Cl2N4O3/c19-11-1-2-12(13(20)9-11)17(25)23-7-5-10(6-8-23)16-22-21-15-4-3-14(18(26)27)24(15)16/h1-2,9-10,14H,3-8H2,(H,26,27). The Balaban J connectivity index is 1.47. The second-order valence-corrected chi connectivity index (χ2v) is 7.77. The van der Waals surface area contributed by atoms with E-state index < -0.39 is 12.0 Å². The van der Waals surface area contributed by atoms with Gasteiger partial charge in [-0.2, -0.15) is 0 Å². The third-order valence-corrected chi connectivity index (χ3v) is 5.89. The number of aliphatic carboxylic acids is 1. The lowest BCUT2D eigenvalue weighted by Gasteiger charge is -2.32. The highest BCUT2D eigenvalue weighted by molar-refractivity contribution is 6.36. The highest BCUT2D eigenvalue weighted by atomic mass is 35.5. The summed E-state index contributed by atoms with van der Waals surface area (Å²) in [5, 5.41) is 18.7. The molecule has 0 radical (unpaired) electrons. The van der Waals surface area contributed by atoms with Crippen molar-refractivity contribution >= 4 is 35.1 Å². The monoisotopic (exact) mass is 408 g/mol. The van der Waals surface area contributed by atoms with Crippen LogP contribution in [0.15, 0.2) is 18.2 Å². The molecule has 2 aliphatic heterocycles. The number of carbonyl (C=O) groups excluding carboxylic acids is 1. The molecule has 2 aromatic rings. The molecule has 0 spiro atoms. The highest BCUT2D eigenvalue weighted by Gasteiger charge is 2.36. The fourth-order valence-electron chi connectivity index (χ4n) is 3.93. The van der Waals surface area contributed by atoms with E-state index in [9.17, 15) is 14.7 Å². The number of piperidine rings is 1. The summed E-state index contributed by atoms with van der Waals surface area (Å²) in [4.78, 5) is 26.0. The van der Waals surface area contributed by atoms with Gasteiger partial charge in [0.2, 0.25) is 0 Å². The maximum atomic E-state index is 12.7. The van der Waals surface area contributed by atoms with E-state index >= 15 is 0 Å². The van der Waals surface area contributed by atoms with Crippen LogP contribution < -0.4 is 0 Å². The van der Waals surface area contributed by atoms with Gasteiger partial charge in [0, 0.05) is 30.5 Å². The summed E-state index contributed by atoms with van der Waals surface area (Å²) >= 11 is 12.1. The van der Waals surface area contributed by atoms with Crippen LogP contribution in [0.25, 0.3) is 0 Å². The lowest BCUT2D eigenvalue weighted by atomic mass is 9.95. The fourth-order valence-corrected chi connectivity index (χ4v) is 4.42. The van der Waals surface area contributed by atoms with E-state index in [-0.39, 0.29) is 11.8 Å². The second kappa shape index (κ2) is 7.13. The molecule has 1 atom stereocenters. The van der Waals surface area contributed by atoms with E-state index in [2.05, 4.69) is 10.2 Å². The number of halogens is 2. The zero-order valence-corrected chi connectivity index (χ0v) is 15.9. The zero-order chi connectivity index (χ0) is 19.1. The minimum atomic E-state index is -0.847. The number of likely N-dealkylation sites (tertiary alicyclic amines) is 1. The van der Waals surface area contributed by atoms with Gasteiger partial charge in [-0.3, -0.25) is 4.79 Å². The number of fused-ring (bicyclic) bond motifs is 1. The first-order chi connectivity index (χ1) is 13.0. The summed E-state index contributed by atoms with van der Waals surface area (Å²) in [7, 11) is 0. The Morgan fingerprint density at radius 3 is 2.52 bits per heavy atom. The van der Waals surface area contributed by atoms with Crippen molar-refractivity contribution in [3.8, 4) is 0 Å². The maximum Gasteiger partial charge on any atom is 0.326 e. The number of benzene rings is 1. The molecule has 1 amide bonds. The van der Waals surface area contributed by atoms with Gasteiger partial charge in [0.25, 0.3) is 5.91 Å². The molecule has 7 nitrogen and oxygen atoms in total. The van der Waals surface area contributed by atoms with Gasteiger partial charge >= 0.3 is 5.97 Å². The van der Waals surface area contributed by atoms with E-state index in [1.165, 1.54) is 0 Å². The Kier molecular flexibility index (Phi) is 4.82. The molecule has 9 heteroatoms. The summed E-state index contributed by atoms with van der Waals surface area (Å²) < 4.78 is 1.78. The third-order valence-electron chi connectivity index (χ3n) is 5.34. The van der Waals surface area contributed by atoms with Crippen molar-refractivity contribution in [1.29, 1.82) is 0 Å². The minimum Gasteiger partial charge on any atom is -0.480 e. The van der Waals surface area contributed by atoms with Crippen molar-refractivity contribution in [3.05, 3.63) is 45.5 Å². The number of hydrogen-bond donors (Lipinski definition) is 1. The molecule has 2 aliphatic rings. The molecule has 4 rings (SSSR count). The number of carboxylic acid groups (broad SMARTS) is 1. The van der Waals surface area contributed by atoms with Gasteiger partial charge in [-0.15, -0.1) is 10.2 Å². The fraction of sp³-hybridized carbons (Fsp3) is 0.444. The lowest BCUT2D eigenvalue weighted by Crippen LogP contribution is -2.38. The van der Waals surface area contributed by atoms with E-state index in [0.717, 1.165) is 11.6 Å². The molecule has 27 heavy (non-hydrogen) atoms. The van der Waals surface area contributed by atoms with Crippen LogP contribution in [-0.4, -0.2) is 49.7 Å². The quantitative estimate of drug-likeness (QED) is 0.842. The smallest absolute Gasteiger partial charge is 0.326 e. The molecular weight excluding hydrogens is 391 g/mol. The van der Waals surface area contributed by atoms with Crippen LogP contribution in [-0.2, 0) is 11.2 Å². The summed E-state index contributed by atoms with van der Waals surface area (Å²) in [6.07, 6.45) is 2.61.